The molecule has 0 amide bonds. The van der Waals surface area contributed by atoms with Crippen molar-refractivity contribution in [2.24, 2.45) is 5.73 Å². The van der Waals surface area contributed by atoms with Crippen molar-refractivity contribution in [3.05, 3.63) is 28.7 Å². The molecule has 6 heteroatoms. The van der Waals surface area contributed by atoms with Crippen molar-refractivity contribution in [2.45, 2.75) is 36.2 Å². The zero-order valence-electron chi connectivity index (χ0n) is 9.27. The smallest absolute Gasteiger partial charge is 0.240 e. The Morgan fingerprint density at radius 1 is 1.24 bits per heavy atom. The van der Waals surface area contributed by atoms with E-state index < -0.39 is 10.0 Å². The standard InChI is InChI=1S/C11H15BrN2O2S/c12-8-1-5-11(6-2-8)17(15,16)14-10-4-3-9(13)7-10/h1-2,5-6,9-10,14H,3-4,7,13H2. The van der Waals surface area contributed by atoms with Crippen molar-refractivity contribution >= 4 is 26.0 Å². The molecule has 94 valence electrons. The van der Waals surface area contributed by atoms with Crippen LogP contribution in [0.5, 0.6) is 0 Å². The van der Waals surface area contributed by atoms with Crippen molar-refractivity contribution in [1.29, 1.82) is 0 Å². The van der Waals surface area contributed by atoms with E-state index in [1.807, 2.05) is 0 Å². The van der Waals surface area contributed by atoms with Gasteiger partial charge in [-0.3, -0.25) is 0 Å². The SMILES string of the molecule is NC1CCC(NS(=O)(=O)c2ccc(Br)cc2)C1. The monoisotopic (exact) mass is 318 g/mol. The fourth-order valence-electron chi connectivity index (χ4n) is 2.02. The average Bonchev–Trinajstić information content (AvgIpc) is 2.63. The summed E-state index contributed by atoms with van der Waals surface area (Å²) in [4.78, 5) is 0.293. The van der Waals surface area contributed by atoms with Crippen LogP contribution in [0.15, 0.2) is 33.6 Å². The summed E-state index contributed by atoms with van der Waals surface area (Å²) >= 11 is 3.28. The number of benzene rings is 1. The molecule has 2 rings (SSSR count). The molecule has 2 atom stereocenters. The van der Waals surface area contributed by atoms with Gasteiger partial charge in [0.2, 0.25) is 10.0 Å². The van der Waals surface area contributed by atoms with E-state index >= 15 is 0 Å². The van der Waals surface area contributed by atoms with E-state index in [9.17, 15) is 8.42 Å². The number of sulfonamides is 1. The van der Waals surface area contributed by atoms with Gasteiger partial charge in [-0.2, -0.15) is 0 Å². The van der Waals surface area contributed by atoms with E-state index in [2.05, 4.69) is 20.7 Å². The molecule has 1 aliphatic rings. The lowest BCUT2D eigenvalue weighted by Crippen LogP contribution is -2.34. The van der Waals surface area contributed by atoms with Crippen LogP contribution in [0.1, 0.15) is 19.3 Å². The maximum Gasteiger partial charge on any atom is 0.240 e. The molecule has 17 heavy (non-hydrogen) atoms. The molecule has 1 saturated carbocycles. The second-order valence-electron chi connectivity index (χ2n) is 4.35. The van der Waals surface area contributed by atoms with Gasteiger partial charge in [-0.1, -0.05) is 15.9 Å². The number of hydrogen-bond donors (Lipinski definition) is 2. The Morgan fingerprint density at radius 2 is 1.88 bits per heavy atom. The third-order valence-electron chi connectivity index (χ3n) is 2.92. The first-order chi connectivity index (χ1) is 7.97. The highest BCUT2D eigenvalue weighted by Crippen LogP contribution is 2.20. The van der Waals surface area contributed by atoms with Gasteiger partial charge in [0.15, 0.2) is 0 Å². The Morgan fingerprint density at radius 3 is 2.41 bits per heavy atom. The Kier molecular flexibility index (Phi) is 3.87. The first-order valence-corrected chi connectivity index (χ1v) is 7.78. The summed E-state index contributed by atoms with van der Waals surface area (Å²) in [6, 6.07) is 6.69. The van der Waals surface area contributed by atoms with Gasteiger partial charge in [0.05, 0.1) is 4.90 Å². The van der Waals surface area contributed by atoms with Crippen LogP contribution in [0.4, 0.5) is 0 Å². The molecule has 0 aromatic heterocycles. The fourth-order valence-corrected chi connectivity index (χ4v) is 3.57. The molecule has 0 aliphatic heterocycles. The molecule has 0 radical (unpaired) electrons. The third-order valence-corrected chi connectivity index (χ3v) is 4.98. The van der Waals surface area contributed by atoms with Crippen molar-refractivity contribution in [1.82, 2.24) is 4.72 Å². The molecule has 1 aromatic carbocycles. The van der Waals surface area contributed by atoms with Crippen LogP contribution < -0.4 is 10.5 Å². The predicted molar refractivity (Wildman–Crippen MR) is 70.1 cm³/mol. The Hall–Kier alpha value is -0.430. The molecule has 0 bridgehead atoms. The number of nitrogens with one attached hydrogen (secondary N) is 1. The summed E-state index contributed by atoms with van der Waals surface area (Å²) in [6.45, 7) is 0. The van der Waals surface area contributed by atoms with Gasteiger partial charge >= 0.3 is 0 Å². The summed E-state index contributed by atoms with van der Waals surface area (Å²) in [5, 5.41) is 0. The molecule has 1 aromatic rings. The van der Waals surface area contributed by atoms with Gasteiger partial charge in [0, 0.05) is 16.6 Å². The Bertz CT molecular complexity index is 487. The molecule has 0 spiro atoms. The highest BCUT2D eigenvalue weighted by Gasteiger charge is 2.26. The van der Waals surface area contributed by atoms with Gasteiger partial charge < -0.3 is 5.73 Å². The van der Waals surface area contributed by atoms with Gasteiger partial charge in [-0.15, -0.1) is 0 Å². The van der Waals surface area contributed by atoms with E-state index in [4.69, 9.17) is 5.73 Å². The zero-order chi connectivity index (χ0) is 12.5. The lowest BCUT2D eigenvalue weighted by molar-refractivity contribution is 0.549. The molecule has 2 unspecified atom stereocenters. The molecular weight excluding hydrogens is 304 g/mol. The van der Waals surface area contributed by atoms with Crippen molar-refractivity contribution in [2.75, 3.05) is 0 Å². The number of halogens is 1. The van der Waals surface area contributed by atoms with E-state index in [1.54, 1.807) is 24.3 Å². The van der Waals surface area contributed by atoms with Crippen molar-refractivity contribution < 1.29 is 8.42 Å². The highest BCUT2D eigenvalue weighted by molar-refractivity contribution is 9.10. The lowest BCUT2D eigenvalue weighted by Gasteiger charge is -2.12. The quantitative estimate of drug-likeness (QED) is 0.889. The summed E-state index contributed by atoms with van der Waals surface area (Å²) in [7, 11) is -3.41. The van der Waals surface area contributed by atoms with Crippen LogP contribution in [0.25, 0.3) is 0 Å². The van der Waals surface area contributed by atoms with Crippen LogP contribution in [-0.4, -0.2) is 20.5 Å². The maximum absolute atomic E-state index is 12.0. The Labute approximate surface area is 110 Å². The molecule has 1 aliphatic carbocycles. The zero-order valence-corrected chi connectivity index (χ0v) is 11.7. The third kappa shape index (κ3) is 3.28. The van der Waals surface area contributed by atoms with Crippen molar-refractivity contribution in [3.8, 4) is 0 Å². The topological polar surface area (TPSA) is 72.2 Å². The molecule has 3 N–H and O–H groups in total. The predicted octanol–water partition coefficient (Wildman–Crippen LogP) is 1.61. The first kappa shape index (κ1) is 13.0. The maximum atomic E-state index is 12.0. The van der Waals surface area contributed by atoms with Gasteiger partial charge in [0.1, 0.15) is 0 Å². The summed E-state index contributed by atoms with van der Waals surface area (Å²) in [5.41, 5.74) is 5.76. The minimum atomic E-state index is -3.41. The van der Waals surface area contributed by atoms with E-state index in [0.717, 1.165) is 23.7 Å². The van der Waals surface area contributed by atoms with Gasteiger partial charge in [-0.25, -0.2) is 13.1 Å². The largest absolute Gasteiger partial charge is 0.328 e. The second-order valence-corrected chi connectivity index (χ2v) is 6.97. The minimum absolute atomic E-state index is 0.0290. The van der Waals surface area contributed by atoms with Crippen LogP contribution >= 0.6 is 15.9 Å². The second kappa shape index (κ2) is 5.06. The summed E-state index contributed by atoms with van der Waals surface area (Å²) in [6.07, 6.45) is 2.42. The fraction of sp³-hybridized carbons (Fsp3) is 0.455. The molecule has 0 heterocycles. The van der Waals surface area contributed by atoms with Crippen LogP contribution in [0, 0.1) is 0 Å². The number of nitrogens with two attached hydrogens (primary N) is 1. The van der Waals surface area contributed by atoms with Crippen LogP contribution in [-0.2, 0) is 10.0 Å². The van der Waals surface area contributed by atoms with E-state index in [1.165, 1.54) is 0 Å². The van der Waals surface area contributed by atoms with Crippen LogP contribution in [0.3, 0.4) is 0 Å². The van der Waals surface area contributed by atoms with E-state index in [-0.39, 0.29) is 12.1 Å². The van der Waals surface area contributed by atoms with Gasteiger partial charge in [0.25, 0.3) is 0 Å². The molecule has 0 saturated heterocycles. The van der Waals surface area contributed by atoms with Crippen LogP contribution in [0.2, 0.25) is 0 Å². The number of hydrogen-bond acceptors (Lipinski definition) is 3. The minimum Gasteiger partial charge on any atom is -0.328 e. The molecule has 1 fully saturated rings. The highest BCUT2D eigenvalue weighted by atomic mass is 79.9. The first-order valence-electron chi connectivity index (χ1n) is 5.51. The van der Waals surface area contributed by atoms with Gasteiger partial charge in [-0.05, 0) is 43.5 Å². The molecule has 4 nitrogen and oxygen atoms in total. The van der Waals surface area contributed by atoms with Crippen molar-refractivity contribution in [3.63, 3.8) is 0 Å². The average molecular weight is 319 g/mol. The molecular formula is C11H15BrN2O2S. The normalized spacial score (nSPS) is 25.1. The lowest BCUT2D eigenvalue weighted by atomic mass is 10.2. The van der Waals surface area contributed by atoms with E-state index in [0.29, 0.717) is 4.90 Å². The summed E-state index contributed by atoms with van der Waals surface area (Å²) in [5.74, 6) is 0. The summed E-state index contributed by atoms with van der Waals surface area (Å²) < 4.78 is 27.6. The number of rotatable bonds is 3. The Balaban J connectivity index is 2.11.